The standard InChI is InChI=1S/C11H17NOS/c1-8-6-9(14-11(2,3)4)7-12-10(8)13-5/h6-7H,1-5H3. The lowest BCUT2D eigenvalue weighted by atomic mass is 10.3. The van der Waals surface area contributed by atoms with Crippen LogP contribution < -0.4 is 4.74 Å². The molecular formula is C11H17NOS. The number of pyridine rings is 1. The Morgan fingerprint density at radius 3 is 2.43 bits per heavy atom. The molecule has 0 saturated carbocycles. The normalized spacial score (nSPS) is 11.5. The Morgan fingerprint density at radius 1 is 1.36 bits per heavy atom. The summed E-state index contributed by atoms with van der Waals surface area (Å²) in [6.45, 7) is 8.59. The predicted molar refractivity (Wildman–Crippen MR) is 61.1 cm³/mol. The van der Waals surface area contributed by atoms with Crippen LogP contribution in [0, 0.1) is 6.92 Å². The van der Waals surface area contributed by atoms with E-state index in [0.717, 1.165) is 5.56 Å². The summed E-state index contributed by atoms with van der Waals surface area (Å²) in [4.78, 5) is 5.43. The number of methoxy groups -OCH3 is 1. The summed E-state index contributed by atoms with van der Waals surface area (Å²) in [6, 6.07) is 2.11. The Hall–Kier alpha value is -0.700. The molecule has 2 nitrogen and oxygen atoms in total. The van der Waals surface area contributed by atoms with Crippen molar-refractivity contribution in [2.45, 2.75) is 37.3 Å². The van der Waals surface area contributed by atoms with Crippen molar-refractivity contribution in [3.8, 4) is 5.88 Å². The zero-order chi connectivity index (χ0) is 10.8. The number of nitrogens with zero attached hydrogens (tertiary/aromatic N) is 1. The van der Waals surface area contributed by atoms with E-state index in [-0.39, 0.29) is 4.75 Å². The van der Waals surface area contributed by atoms with Crippen molar-refractivity contribution in [3.63, 3.8) is 0 Å². The van der Waals surface area contributed by atoms with Gasteiger partial charge in [-0.2, -0.15) is 0 Å². The van der Waals surface area contributed by atoms with Crippen molar-refractivity contribution in [3.05, 3.63) is 17.8 Å². The van der Waals surface area contributed by atoms with E-state index in [1.54, 1.807) is 7.11 Å². The maximum atomic E-state index is 5.11. The molecule has 78 valence electrons. The SMILES string of the molecule is COc1ncc(SC(C)(C)C)cc1C. The van der Waals surface area contributed by atoms with Gasteiger partial charge in [0.1, 0.15) is 0 Å². The molecule has 0 radical (unpaired) electrons. The molecular weight excluding hydrogens is 194 g/mol. The molecule has 1 rings (SSSR count). The molecule has 0 N–H and O–H groups in total. The second-order valence-corrected chi connectivity index (χ2v) is 6.11. The fourth-order valence-corrected chi connectivity index (χ4v) is 2.21. The number of rotatable bonds is 2. The smallest absolute Gasteiger partial charge is 0.215 e. The van der Waals surface area contributed by atoms with Gasteiger partial charge in [-0.15, -0.1) is 11.8 Å². The van der Waals surface area contributed by atoms with Crippen LogP contribution in [0.15, 0.2) is 17.2 Å². The van der Waals surface area contributed by atoms with E-state index in [1.165, 1.54) is 4.90 Å². The Balaban J connectivity index is 2.87. The Morgan fingerprint density at radius 2 is 2.00 bits per heavy atom. The lowest BCUT2D eigenvalue weighted by Crippen LogP contribution is -2.06. The van der Waals surface area contributed by atoms with Gasteiger partial charge < -0.3 is 4.74 Å². The Labute approximate surface area is 90.1 Å². The van der Waals surface area contributed by atoms with Gasteiger partial charge in [0.15, 0.2) is 0 Å². The van der Waals surface area contributed by atoms with E-state index in [1.807, 2.05) is 24.9 Å². The summed E-state index contributed by atoms with van der Waals surface area (Å²) in [5.74, 6) is 0.711. The number of hydrogen-bond acceptors (Lipinski definition) is 3. The van der Waals surface area contributed by atoms with Crippen molar-refractivity contribution in [2.75, 3.05) is 7.11 Å². The molecule has 3 heteroatoms. The fraction of sp³-hybridized carbons (Fsp3) is 0.545. The Kier molecular flexibility index (Phi) is 3.43. The third-order valence-electron chi connectivity index (χ3n) is 1.62. The van der Waals surface area contributed by atoms with Crippen LogP contribution >= 0.6 is 11.8 Å². The number of thioether (sulfide) groups is 1. The van der Waals surface area contributed by atoms with Gasteiger partial charge in [-0.25, -0.2) is 4.98 Å². The molecule has 0 unspecified atom stereocenters. The van der Waals surface area contributed by atoms with Crippen molar-refractivity contribution in [2.24, 2.45) is 0 Å². The first-order valence-electron chi connectivity index (χ1n) is 4.62. The maximum Gasteiger partial charge on any atom is 0.215 e. The third-order valence-corrected chi connectivity index (χ3v) is 2.69. The summed E-state index contributed by atoms with van der Waals surface area (Å²) < 4.78 is 5.33. The summed E-state index contributed by atoms with van der Waals surface area (Å²) in [6.07, 6.45) is 1.86. The molecule has 1 heterocycles. The topological polar surface area (TPSA) is 22.1 Å². The summed E-state index contributed by atoms with van der Waals surface area (Å²) in [5.41, 5.74) is 1.08. The molecule has 0 spiro atoms. The average molecular weight is 211 g/mol. The number of ether oxygens (including phenoxy) is 1. The van der Waals surface area contributed by atoms with Gasteiger partial charge in [0, 0.05) is 21.4 Å². The molecule has 0 aliphatic heterocycles. The van der Waals surface area contributed by atoms with E-state index < -0.39 is 0 Å². The van der Waals surface area contributed by atoms with Crippen LogP contribution in [0.2, 0.25) is 0 Å². The van der Waals surface area contributed by atoms with E-state index >= 15 is 0 Å². The van der Waals surface area contributed by atoms with Gasteiger partial charge >= 0.3 is 0 Å². The lowest BCUT2D eigenvalue weighted by Gasteiger charge is -2.17. The maximum absolute atomic E-state index is 5.11. The first-order valence-corrected chi connectivity index (χ1v) is 5.43. The highest BCUT2D eigenvalue weighted by Crippen LogP contribution is 2.32. The van der Waals surface area contributed by atoms with Crippen molar-refractivity contribution >= 4 is 11.8 Å². The zero-order valence-electron chi connectivity index (χ0n) is 9.42. The summed E-state index contributed by atoms with van der Waals surface area (Å²) >= 11 is 1.82. The van der Waals surface area contributed by atoms with E-state index in [0.29, 0.717) is 5.88 Å². The zero-order valence-corrected chi connectivity index (χ0v) is 10.2. The molecule has 0 aliphatic rings. The molecule has 0 aliphatic carbocycles. The van der Waals surface area contributed by atoms with Crippen molar-refractivity contribution < 1.29 is 4.74 Å². The summed E-state index contributed by atoms with van der Waals surface area (Å²) in [5, 5.41) is 0. The highest BCUT2D eigenvalue weighted by atomic mass is 32.2. The molecule has 0 fully saturated rings. The van der Waals surface area contributed by atoms with Gasteiger partial charge in [0.25, 0.3) is 0 Å². The van der Waals surface area contributed by atoms with Gasteiger partial charge in [0.2, 0.25) is 5.88 Å². The third kappa shape index (κ3) is 3.22. The monoisotopic (exact) mass is 211 g/mol. The van der Waals surface area contributed by atoms with Crippen LogP contribution in [-0.2, 0) is 0 Å². The second-order valence-electron chi connectivity index (χ2n) is 4.21. The summed E-state index contributed by atoms with van der Waals surface area (Å²) in [7, 11) is 1.64. The molecule has 1 aromatic heterocycles. The molecule has 0 bridgehead atoms. The van der Waals surface area contributed by atoms with Crippen LogP contribution in [0.25, 0.3) is 0 Å². The molecule has 0 atom stereocenters. The fourth-order valence-electron chi connectivity index (χ4n) is 1.16. The largest absolute Gasteiger partial charge is 0.481 e. The minimum Gasteiger partial charge on any atom is -0.481 e. The van der Waals surface area contributed by atoms with Crippen LogP contribution in [0.3, 0.4) is 0 Å². The average Bonchev–Trinajstić information content (AvgIpc) is 2.01. The molecule has 14 heavy (non-hydrogen) atoms. The van der Waals surface area contributed by atoms with Crippen LogP contribution in [0.5, 0.6) is 5.88 Å². The van der Waals surface area contributed by atoms with Crippen LogP contribution in [-0.4, -0.2) is 16.8 Å². The van der Waals surface area contributed by atoms with Gasteiger partial charge in [-0.1, -0.05) is 20.8 Å². The highest BCUT2D eigenvalue weighted by molar-refractivity contribution is 8.00. The number of aryl methyl sites for hydroxylation is 1. The first-order chi connectivity index (χ1) is 6.42. The molecule has 0 saturated heterocycles. The quantitative estimate of drug-likeness (QED) is 0.701. The lowest BCUT2D eigenvalue weighted by molar-refractivity contribution is 0.394. The second kappa shape index (κ2) is 4.22. The van der Waals surface area contributed by atoms with Gasteiger partial charge in [-0.05, 0) is 13.0 Å². The number of aromatic nitrogens is 1. The van der Waals surface area contributed by atoms with Crippen molar-refractivity contribution in [1.29, 1.82) is 0 Å². The minimum absolute atomic E-state index is 0.225. The first kappa shape index (κ1) is 11.4. The predicted octanol–water partition coefficient (Wildman–Crippen LogP) is 3.29. The molecule has 1 aromatic rings. The highest BCUT2D eigenvalue weighted by Gasteiger charge is 2.13. The van der Waals surface area contributed by atoms with Gasteiger partial charge in [0.05, 0.1) is 7.11 Å². The van der Waals surface area contributed by atoms with Gasteiger partial charge in [-0.3, -0.25) is 0 Å². The van der Waals surface area contributed by atoms with E-state index in [4.69, 9.17) is 4.74 Å². The van der Waals surface area contributed by atoms with Crippen LogP contribution in [0.1, 0.15) is 26.3 Å². The Bertz CT molecular complexity index is 318. The molecule has 0 amide bonds. The van der Waals surface area contributed by atoms with E-state index in [9.17, 15) is 0 Å². The van der Waals surface area contributed by atoms with Crippen LogP contribution in [0.4, 0.5) is 0 Å². The number of hydrogen-bond donors (Lipinski definition) is 0. The van der Waals surface area contributed by atoms with E-state index in [2.05, 4.69) is 31.8 Å². The minimum atomic E-state index is 0.225. The molecule has 0 aromatic carbocycles. The van der Waals surface area contributed by atoms with Crippen molar-refractivity contribution in [1.82, 2.24) is 4.98 Å².